The lowest BCUT2D eigenvalue weighted by atomic mass is 9.80. The van der Waals surface area contributed by atoms with E-state index in [0.29, 0.717) is 0 Å². The summed E-state index contributed by atoms with van der Waals surface area (Å²) in [5.74, 6) is -6.59. The molecule has 1 fully saturated rings. The molecule has 0 aliphatic heterocycles. The lowest BCUT2D eigenvalue weighted by Gasteiger charge is -2.26. The maximum Gasteiger partial charge on any atom is 0.286 e. The highest BCUT2D eigenvalue weighted by molar-refractivity contribution is 6.37. The van der Waals surface area contributed by atoms with Gasteiger partial charge in [0.2, 0.25) is 5.78 Å². The summed E-state index contributed by atoms with van der Waals surface area (Å²) in [4.78, 5) is 22.2. The quantitative estimate of drug-likeness (QED) is 0.573. The van der Waals surface area contributed by atoms with E-state index in [1.807, 2.05) is 0 Å². The molecule has 4 N–H and O–H groups in total. The smallest absolute Gasteiger partial charge is 0.286 e. The number of hydrogen-bond donors (Lipinski definition) is 2. The van der Waals surface area contributed by atoms with Gasteiger partial charge in [-0.25, -0.2) is 0 Å². The van der Waals surface area contributed by atoms with E-state index in [4.69, 9.17) is 18.1 Å². The summed E-state index contributed by atoms with van der Waals surface area (Å²) in [6.45, 7) is 0. The molecule has 0 bridgehead atoms. The van der Waals surface area contributed by atoms with Gasteiger partial charge in [0, 0.05) is 12.3 Å². The van der Waals surface area contributed by atoms with Gasteiger partial charge in [0.25, 0.3) is 5.91 Å². The van der Waals surface area contributed by atoms with Crippen molar-refractivity contribution in [2.75, 3.05) is 0 Å². The van der Waals surface area contributed by atoms with E-state index in [2.05, 4.69) is 5.73 Å². The lowest BCUT2D eigenvalue weighted by molar-refractivity contribution is -0.137. The third-order valence-corrected chi connectivity index (χ3v) is 1.20. The van der Waals surface area contributed by atoms with E-state index in [-0.39, 0.29) is 0 Å². The molecule has 1 aliphatic rings. The van der Waals surface area contributed by atoms with Crippen LogP contribution < -0.4 is 11.5 Å². The molecular formula is C8H14N2O2. The highest BCUT2D eigenvalue weighted by atomic mass is 16.2. The standard InChI is InChI=1S/C8H14N2O2/c9-6(7(11)8(10)12)4-5-2-1-3-5/h5-6H,1-4,9H2,(H2,10,12)/i1D2,2D2,3D2,4D2,5D. The first-order valence-corrected chi connectivity index (χ1v) is 3.11. The van der Waals surface area contributed by atoms with Crippen LogP contribution >= 0.6 is 0 Å². The minimum atomic E-state index is -3.38. The van der Waals surface area contributed by atoms with Crippen LogP contribution in [0, 0.1) is 5.89 Å². The second kappa shape index (κ2) is 3.67. The average molecular weight is 179 g/mol. The van der Waals surface area contributed by atoms with Crippen molar-refractivity contribution in [3.8, 4) is 0 Å². The molecule has 0 heterocycles. The topological polar surface area (TPSA) is 86.2 Å². The minimum Gasteiger partial charge on any atom is -0.363 e. The van der Waals surface area contributed by atoms with Gasteiger partial charge in [-0.15, -0.1) is 0 Å². The number of carbonyl (C=O) groups excluding carboxylic acids is 2. The van der Waals surface area contributed by atoms with Crippen molar-refractivity contribution in [2.45, 2.75) is 31.5 Å². The first-order chi connectivity index (χ1) is 9.01. The summed E-state index contributed by atoms with van der Waals surface area (Å²) in [6.07, 6.45) is -13.1. The summed E-state index contributed by atoms with van der Waals surface area (Å²) in [5, 5.41) is 0. The van der Waals surface area contributed by atoms with Crippen LogP contribution in [0.15, 0.2) is 0 Å². The second-order valence-corrected chi connectivity index (χ2v) is 2.10. The predicted molar refractivity (Wildman–Crippen MR) is 44.1 cm³/mol. The van der Waals surface area contributed by atoms with Crippen LogP contribution in [0.5, 0.6) is 0 Å². The van der Waals surface area contributed by atoms with Crippen LogP contribution in [0.4, 0.5) is 0 Å². The van der Waals surface area contributed by atoms with Crippen molar-refractivity contribution in [1.29, 1.82) is 0 Å². The van der Waals surface area contributed by atoms with E-state index in [1.165, 1.54) is 0 Å². The molecule has 1 atom stereocenters. The number of hydrogen-bond acceptors (Lipinski definition) is 3. The van der Waals surface area contributed by atoms with E-state index >= 15 is 0 Å². The number of nitrogens with two attached hydrogens (primary N) is 2. The third kappa shape index (κ3) is 2.04. The SMILES string of the molecule is [2H]C([2H])(C(N)C(=O)C(N)=O)C1([2H])C([2H])([2H])C([2H])([2H])C1([2H])[2H]. The van der Waals surface area contributed by atoms with Gasteiger partial charge < -0.3 is 11.5 Å². The highest BCUT2D eigenvalue weighted by Gasteiger charge is 2.26. The Labute approximate surface area is 83.9 Å². The number of Topliss-reactive ketones (excluding diaryl/α,β-unsaturated/α-hetero) is 1. The zero-order valence-corrected chi connectivity index (χ0v) is 6.05. The summed E-state index contributed by atoms with van der Waals surface area (Å²) in [6, 6.07) is -2.39. The minimum absolute atomic E-state index is 1.61. The van der Waals surface area contributed by atoms with Crippen LogP contribution in [0.1, 0.15) is 37.8 Å². The Morgan fingerprint density at radius 3 is 2.83 bits per heavy atom. The first-order valence-electron chi connectivity index (χ1n) is 7.61. The number of amides is 1. The molecule has 1 amide bonds. The largest absolute Gasteiger partial charge is 0.363 e. The van der Waals surface area contributed by atoms with Gasteiger partial charge >= 0.3 is 0 Å². The number of carbonyl (C=O) groups is 2. The lowest BCUT2D eigenvalue weighted by Crippen LogP contribution is -2.41. The molecule has 0 saturated heterocycles. The normalized spacial score (nSPS) is 47.2. The second-order valence-electron chi connectivity index (χ2n) is 2.10. The van der Waals surface area contributed by atoms with Crippen LogP contribution in [0.25, 0.3) is 0 Å². The Balaban J connectivity index is 3.43. The Morgan fingerprint density at radius 2 is 2.33 bits per heavy atom. The summed E-state index contributed by atoms with van der Waals surface area (Å²) in [5.41, 5.74) is 9.89. The monoisotopic (exact) mass is 179 g/mol. The zero-order chi connectivity index (χ0) is 17.2. The van der Waals surface area contributed by atoms with E-state index in [0.717, 1.165) is 0 Å². The number of primary amides is 1. The maximum atomic E-state index is 11.4. The molecule has 1 aliphatic carbocycles. The molecule has 4 nitrogen and oxygen atoms in total. The van der Waals surface area contributed by atoms with Gasteiger partial charge in [0.1, 0.15) is 0 Å². The molecule has 12 heavy (non-hydrogen) atoms. The zero-order valence-electron chi connectivity index (χ0n) is 15.0. The molecule has 1 saturated carbocycles. The highest BCUT2D eigenvalue weighted by Crippen LogP contribution is 2.30. The van der Waals surface area contributed by atoms with Gasteiger partial charge in [0.05, 0.1) is 6.04 Å². The molecule has 0 aromatic rings. The fourth-order valence-corrected chi connectivity index (χ4v) is 0.571. The van der Waals surface area contributed by atoms with Crippen LogP contribution in [-0.2, 0) is 9.59 Å². The van der Waals surface area contributed by atoms with Gasteiger partial charge in [0.15, 0.2) is 0 Å². The molecule has 1 unspecified atom stereocenters. The Hall–Kier alpha value is -0.900. The third-order valence-electron chi connectivity index (χ3n) is 1.20. The number of rotatable bonds is 4. The number of ketones is 1. The average Bonchev–Trinajstić information content (AvgIpc) is 2.33. The van der Waals surface area contributed by atoms with Crippen molar-refractivity contribution in [3.05, 3.63) is 0 Å². The van der Waals surface area contributed by atoms with E-state index in [1.54, 1.807) is 0 Å². The Bertz CT molecular complexity index is 486. The molecule has 0 spiro atoms. The molecule has 68 valence electrons. The van der Waals surface area contributed by atoms with Crippen LogP contribution in [0.2, 0.25) is 0 Å². The fraction of sp³-hybridized carbons (Fsp3) is 0.750. The summed E-state index contributed by atoms with van der Waals surface area (Å²) in [7, 11) is 0. The van der Waals surface area contributed by atoms with Crippen LogP contribution in [-0.4, -0.2) is 17.7 Å². The molecule has 1 rings (SSSR count). The van der Waals surface area contributed by atoms with Crippen molar-refractivity contribution in [3.63, 3.8) is 0 Å². The molecule has 4 heteroatoms. The summed E-state index contributed by atoms with van der Waals surface area (Å²) < 4.78 is 68.0. The van der Waals surface area contributed by atoms with Crippen molar-refractivity contribution < 1.29 is 21.9 Å². The van der Waals surface area contributed by atoms with Gasteiger partial charge in [-0.2, -0.15) is 0 Å². The Kier molecular flexibility index (Phi) is 0.857. The summed E-state index contributed by atoms with van der Waals surface area (Å²) >= 11 is 0. The molecule has 0 radical (unpaired) electrons. The van der Waals surface area contributed by atoms with Gasteiger partial charge in [-0.05, 0) is 12.3 Å². The molecule has 0 aromatic carbocycles. The molecular weight excluding hydrogens is 156 g/mol. The van der Waals surface area contributed by atoms with Gasteiger partial charge in [-0.1, -0.05) is 19.1 Å². The molecule has 0 aromatic heterocycles. The fourth-order valence-electron chi connectivity index (χ4n) is 0.571. The van der Waals surface area contributed by atoms with Crippen molar-refractivity contribution in [2.24, 2.45) is 17.4 Å². The van der Waals surface area contributed by atoms with E-state index in [9.17, 15) is 9.59 Å². The van der Waals surface area contributed by atoms with Crippen molar-refractivity contribution >= 4 is 11.7 Å². The maximum absolute atomic E-state index is 11.4. The van der Waals surface area contributed by atoms with Crippen LogP contribution in [0.3, 0.4) is 0 Å². The predicted octanol–water partition coefficient (Wildman–Crippen LogP) is -0.442. The van der Waals surface area contributed by atoms with E-state index < -0.39 is 49.1 Å². The van der Waals surface area contributed by atoms with Crippen molar-refractivity contribution in [1.82, 2.24) is 0 Å². The van der Waals surface area contributed by atoms with Gasteiger partial charge in [-0.3, -0.25) is 9.59 Å². The Morgan fingerprint density at radius 1 is 1.75 bits per heavy atom. The first kappa shape index (κ1) is 2.80.